The molecule has 0 aliphatic carbocycles. The minimum atomic E-state index is -3.52. The number of carboxylic acids is 1. The molecule has 0 fully saturated rings. The molecular formula is C11H14O5S. The van der Waals surface area contributed by atoms with Gasteiger partial charge in [-0.15, -0.1) is 0 Å². The molecule has 0 aliphatic rings. The molecule has 0 saturated carbocycles. The maximum absolute atomic E-state index is 11.8. The van der Waals surface area contributed by atoms with E-state index in [2.05, 4.69) is 0 Å². The summed E-state index contributed by atoms with van der Waals surface area (Å²) in [6.07, 6.45) is 0.138. The van der Waals surface area contributed by atoms with Crippen LogP contribution >= 0.6 is 0 Å². The molecule has 0 unspecified atom stereocenters. The van der Waals surface area contributed by atoms with Crippen LogP contribution in [0.4, 0.5) is 0 Å². The molecule has 0 aromatic heterocycles. The van der Waals surface area contributed by atoms with Crippen molar-refractivity contribution in [2.75, 3.05) is 12.4 Å². The van der Waals surface area contributed by atoms with Gasteiger partial charge in [0.25, 0.3) is 0 Å². The molecule has 0 aliphatic heterocycles. The third-order valence-electron chi connectivity index (χ3n) is 2.37. The van der Waals surface area contributed by atoms with Crippen molar-refractivity contribution in [1.82, 2.24) is 0 Å². The van der Waals surface area contributed by atoms with Crippen molar-refractivity contribution in [2.24, 2.45) is 0 Å². The van der Waals surface area contributed by atoms with E-state index >= 15 is 0 Å². The molecule has 1 rings (SSSR count). The Kier molecular flexibility index (Phi) is 4.25. The summed E-state index contributed by atoms with van der Waals surface area (Å²) in [6, 6.07) is 4.01. The van der Waals surface area contributed by atoms with E-state index in [4.69, 9.17) is 10.2 Å². The van der Waals surface area contributed by atoms with Crippen molar-refractivity contribution in [3.05, 3.63) is 29.3 Å². The van der Waals surface area contributed by atoms with Crippen LogP contribution in [0.1, 0.15) is 22.3 Å². The maximum Gasteiger partial charge on any atom is 0.335 e. The minimum absolute atomic E-state index is 0.0185. The first-order chi connectivity index (χ1) is 7.88. The van der Waals surface area contributed by atoms with Crippen molar-refractivity contribution in [1.29, 1.82) is 0 Å². The highest BCUT2D eigenvalue weighted by Crippen LogP contribution is 2.17. The number of hydrogen-bond acceptors (Lipinski definition) is 4. The first-order valence-electron chi connectivity index (χ1n) is 5.06. The second kappa shape index (κ2) is 5.29. The van der Waals surface area contributed by atoms with Gasteiger partial charge < -0.3 is 10.2 Å². The lowest BCUT2D eigenvalue weighted by Gasteiger charge is -2.06. The van der Waals surface area contributed by atoms with Crippen LogP contribution in [-0.2, 0) is 9.84 Å². The van der Waals surface area contributed by atoms with Crippen LogP contribution < -0.4 is 0 Å². The molecule has 0 atom stereocenters. The smallest absolute Gasteiger partial charge is 0.335 e. The Bertz CT molecular complexity index is 519. The van der Waals surface area contributed by atoms with Gasteiger partial charge >= 0.3 is 5.97 Å². The Hall–Kier alpha value is -1.40. The van der Waals surface area contributed by atoms with E-state index in [9.17, 15) is 13.2 Å². The van der Waals surface area contributed by atoms with Gasteiger partial charge in [0.05, 0.1) is 16.2 Å². The molecule has 6 heteroatoms. The van der Waals surface area contributed by atoms with E-state index < -0.39 is 15.8 Å². The summed E-state index contributed by atoms with van der Waals surface area (Å²) < 4.78 is 23.5. The molecule has 0 saturated heterocycles. The number of sulfone groups is 1. The largest absolute Gasteiger partial charge is 0.478 e. The number of aryl methyl sites for hydroxylation is 1. The molecule has 0 spiro atoms. The second-order valence-corrected chi connectivity index (χ2v) is 5.79. The zero-order valence-corrected chi connectivity index (χ0v) is 10.2. The predicted molar refractivity (Wildman–Crippen MR) is 61.9 cm³/mol. The van der Waals surface area contributed by atoms with E-state index in [0.29, 0.717) is 5.56 Å². The number of carboxylic acid groups (broad SMARTS) is 1. The zero-order chi connectivity index (χ0) is 13.1. The van der Waals surface area contributed by atoms with E-state index in [1.54, 1.807) is 6.92 Å². The highest BCUT2D eigenvalue weighted by Gasteiger charge is 2.17. The van der Waals surface area contributed by atoms with Gasteiger partial charge in [0.1, 0.15) is 0 Å². The van der Waals surface area contributed by atoms with Crippen LogP contribution in [0.5, 0.6) is 0 Å². The first kappa shape index (κ1) is 13.7. The summed E-state index contributed by atoms with van der Waals surface area (Å²) >= 11 is 0. The number of aliphatic hydroxyl groups is 1. The van der Waals surface area contributed by atoms with Crippen LogP contribution in [0.3, 0.4) is 0 Å². The lowest BCUT2D eigenvalue weighted by atomic mass is 10.1. The first-order valence-corrected chi connectivity index (χ1v) is 6.71. The topological polar surface area (TPSA) is 91.7 Å². The highest BCUT2D eigenvalue weighted by molar-refractivity contribution is 7.91. The molecule has 1 aromatic rings. The number of aromatic carboxylic acids is 1. The normalized spacial score (nSPS) is 11.4. The molecule has 0 radical (unpaired) electrons. The Labute approximate surface area is 99.6 Å². The average molecular weight is 258 g/mol. The van der Waals surface area contributed by atoms with Crippen molar-refractivity contribution >= 4 is 15.8 Å². The van der Waals surface area contributed by atoms with Crippen LogP contribution in [-0.4, -0.2) is 37.0 Å². The van der Waals surface area contributed by atoms with Crippen molar-refractivity contribution in [3.63, 3.8) is 0 Å². The Morgan fingerprint density at radius 1 is 1.35 bits per heavy atom. The number of rotatable bonds is 5. The lowest BCUT2D eigenvalue weighted by Crippen LogP contribution is -2.10. The summed E-state index contributed by atoms with van der Waals surface area (Å²) in [5, 5.41) is 17.5. The summed E-state index contributed by atoms with van der Waals surface area (Å²) in [5.41, 5.74) is 0.494. The van der Waals surface area contributed by atoms with E-state index in [0.717, 1.165) is 6.07 Å². The average Bonchev–Trinajstić information content (AvgIpc) is 2.26. The molecule has 94 valence electrons. The standard InChI is InChI=1S/C11H14O5S/c1-8-3-4-9(7-10(8)11(13)14)17(15,16)6-2-5-12/h3-4,7,12H,2,5-6H2,1H3,(H,13,14). The quantitative estimate of drug-likeness (QED) is 0.817. The molecule has 1 aromatic carbocycles. The minimum Gasteiger partial charge on any atom is -0.478 e. The summed E-state index contributed by atoms with van der Waals surface area (Å²) in [7, 11) is -3.52. The van der Waals surface area contributed by atoms with Crippen molar-refractivity contribution < 1.29 is 23.4 Å². The zero-order valence-electron chi connectivity index (χ0n) is 9.38. The number of aliphatic hydroxyl groups excluding tert-OH is 1. The summed E-state index contributed by atoms with van der Waals surface area (Å²) in [5.74, 6) is -1.34. The fourth-order valence-electron chi connectivity index (χ4n) is 1.40. The Balaban J connectivity index is 3.16. The van der Waals surface area contributed by atoms with Gasteiger partial charge in [0, 0.05) is 6.61 Å². The van der Waals surface area contributed by atoms with Crippen LogP contribution in [0, 0.1) is 6.92 Å². The van der Waals surface area contributed by atoms with Gasteiger partial charge in [-0.05, 0) is 31.0 Å². The number of hydrogen-bond donors (Lipinski definition) is 2. The third kappa shape index (κ3) is 3.28. The fraction of sp³-hybridized carbons (Fsp3) is 0.364. The maximum atomic E-state index is 11.8. The van der Waals surface area contributed by atoms with E-state index in [1.165, 1.54) is 12.1 Å². The summed E-state index contributed by atoms with van der Waals surface area (Å²) in [4.78, 5) is 10.9. The Morgan fingerprint density at radius 2 is 2.00 bits per heavy atom. The van der Waals surface area contributed by atoms with Crippen LogP contribution in [0.2, 0.25) is 0 Å². The van der Waals surface area contributed by atoms with Crippen molar-refractivity contribution in [2.45, 2.75) is 18.2 Å². The molecule has 17 heavy (non-hydrogen) atoms. The van der Waals surface area contributed by atoms with Gasteiger partial charge in [0.15, 0.2) is 9.84 Å². The molecule has 5 nitrogen and oxygen atoms in total. The molecular weight excluding hydrogens is 244 g/mol. The third-order valence-corrected chi connectivity index (χ3v) is 4.17. The molecule has 0 heterocycles. The SMILES string of the molecule is Cc1ccc(S(=O)(=O)CCCO)cc1C(=O)O. The van der Waals surface area contributed by atoms with Crippen molar-refractivity contribution in [3.8, 4) is 0 Å². The molecule has 0 amide bonds. The molecule has 2 N–H and O–H groups in total. The monoisotopic (exact) mass is 258 g/mol. The Morgan fingerprint density at radius 3 is 2.53 bits per heavy atom. The summed E-state index contributed by atoms with van der Waals surface area (Å²) in [6.45, 7) is 1.39. The highest BCUT2D eigenvalue weighted by atomic mass is 32.2. The van der Waals surface area contributed by atoms with Gasteiger partial charge in [-0.2, -0.15) is 0 Å². The van der Waals surface area contributed by atoms with Crippen LogP contribution in [0.15, 0.2) is 23.1 Å². The predicted octanol–water partition coefficient (Wildman–Crippen LogP) is 0.849. The number of carbonyl (C=O) groups is 1. The van der Waals surface area contributed by atoms with E-state index in [1.807, 2.05) is 0 Å². The van der Waals surface area contributed by atoms with E-state index in [-0.39, 0.29) is 29.2 Å². The van der Waals surface area contributed by atoms with Crippen LogP contribution in [0.25, 0.3) is 0 Å². The molecule has 0 bridgehead atoms. The van der Waals surface area contributed by atoms with Gasteiger partial charge in [0.2, 0.25) is 0 Å². The van der Waals surface area contributed by atoms with Gasteiger partial charge in [-0.3, -0.25) is 0 Å². The second-order valence-electron chi connectivity index (χ2n) is 3.68. The lowest BCUT2D eigenvalue weighted by molar-refractivity contribution is 0.0696. The fourth-order valence-corrected chi connectivity index (χ4v) is 2.72. The number of benzene rings is 1. The van der Waals surface area contributed by atoms with Gasteiger partial charge in [-0.1, -0.05) is 6.07 Å². The van der Waals surface area contributed by atoms with Gasteiger partial charge in [-0.25, -0.2) is 13.2 Å².